The van der Waals surface area contributed by atoms with Gasteiger partial charge < -0.3 is 5.73 Å². The Morgan fingerprint density at radius 3 is 0.706 bits per heavy atom. The summed E-state index contributed by atoms with van der Waals surface area (Å²) < 4.78 is 0. The van der Waals surface area contributed by atoms with E-state index in [1.54, 1.807) is 0 Å². The summed E-state index contributed by atoms with van der Waals surface area (Å²) in [7, 11) is 0. The van der Waals surface area contributed by atoms with Crippen LogP contribution in [-0.4, -0.2) is 0 Å². The van der Waals surface area contributed by atoms with Gasteiger partial charge in [0.25, 0.3) is 0 Å². The summed E-state index contributed by atoms with van der Waals surface area (Å²) in [4.78, 5) is 0. The summed E-state index contributed by atoms with van der Waals surface area (Å²) >= 11 is 89.9. The first kappa shape index (κ1) is 30.1. The second kappa shape index (κ2) is 11.3. The fourth-order valence-electron chi connectivity index (χ4n) is 3.10. The molecule has 3 rings (SSSR count). The summed E-state index contributed by atoms with van der Waals surface area (Å²) in [5.41, 5.74) is 5.99. The van der Waals surface area contributed by atoms with Gasteiger partial charge in [-0.2, -0.15) is 0 Å². The molecule has 0 fully saturated rings. The average Bonchev–Trinajstić information content (AvgIpc) is 2.81. The van der Waals surface area contributed by atoms with E-state index >= 15 is 0 Å². The largest absolute Gasteiger partial charge is 0.396 e. The second-order valence-electron chi connectivity index (χ2n) is 6.48. The van der Waals surface area contributed by atoms with Gasteiger partial charge in [-0.05, 0) is 0 Å². The number of halogens is 14. The maximum atomic E-state index is 6.59. The fraction of sp³-hybridized carbons (Fsp3) is 0.0526. The van der Waals surface area contributed by atoms with E-state index in [2.05, 4.69) is 0 Å². The van der Waals surface area contributed by atoms with Gasteiger partial charge in [0.05, 0.1) is 76.0 Å². The Bertz CT molecular complexity index is 1110. The van der Waals surface area contributed by atoms with Crippen LogP contribution in [0.4, 0.5) is 5.69 Å². The summed E-state index contributed by atoms with van der Waals surface area (Å²) in [5.74, 6) is -1.24. The highest BCUT2D eigenvalue weighted by molar-refractivity contribution is 6.57. The molecule has 1 nitrogen and oxygen atoms in total. The average molecular weight is 742 g/mol. The minimum atomic E-state index is -1.24. The minimum Gasteiger partial charge on any atom is -0.396 e. The Hall–Kier alpha value is 1.52. The second-order valence-corrected chi connectivity index (χ2v) is 11.8. The van der Waals surface area contributed by atoms with E-state index in [-0.39, 0.29) is 92.7 Å². The Morgan fingerprint density at radius 2 is 0.471 bits per heavy atom. The van der Waals surface area contributed by atoms with Gasteiger partial charge in [-0.3, -0.25) is 0 Å². The Labute approximate surface area is 263 Å². The van der Waals surface area contributed by atoms with Crippen LogP contribution in [0.3, 0.4) is 0 Å². The van der Waals surface area contributed by atoms with E-state index in [0.717, 1.165) is 0 Å². The molecule has 0 unspecified atom stereocenters. The Balaban J connectivity index is 2.68. The summed E-state index contributed by atoms with van der Waals surface area (Å²) in [5, 5.41) is -1.71. The minimum absolute atomic E-state index is 0.0432. The number of rotatable bonds is 3. The van der Waals surface area contributed by atoms with Crippen LogP contribution in [0.25, 0.3) is 0 Å². The lowest BCUT2D eigenvalue weighted by Gasteiger charge is -2.28. The van der Waals surface area contributed by atoms with Crippen LogP contribution >= 0.6 is 162 Å². The molecule has 0 atom stereocenters. The summed E-state index contributed by atoms with van der Waals surface area (Å²) in [6.07, 6.45) is 0. The molecule has 0 saturated heterocycles. The number of anilines is 1. The van der Waals surface area contributed by atoms with Gasteiger partial charge in [0, 0.05) is 22.6 Å². The molecular formula is C19H3Cl14N. The molecule has 0 aliphatic heterocycles. The van der Waals surface area contributed by atoms with Gasteiger partial charge in [0.15, 0.2) is 0 Å². The highest BCUT2D eigenvalue weighted by Gasteiger charge is 2.37. The molecule has 3 aromatic rings. The van der Waals surface area contributed by atoms with Crippen molar-refractivity contribution >= 4 is 168 Å². The van der Waals surface area contributed by atoms with Crippen molar-refractivity contribution in [2.24, 2.45) is 0 Å². The molecule has 0 bridgehead atoms. The molecule has 3 aromatic carbocycles. The van der Waals surface area contributed by atoms with Crippen molar-refractivity contribution in [3.05, 3.63) is 87.0 Å². The van der Waals surface area contributed by atoms with Crippen molar-refractivity contribution in [3.63, 3.8) is 0 Å². The number of benzene rings is 3. The first-order chi connectivity index (χ1) is 15.7. The third kappa shape index (κ3) is 4.85. The zero-order chi connectivity index (χ0) is 26.0. The standard InChI is InChI=1S/C19H3Cl14N/c20-5-2(6(21)12(27)15(30)11(5)26)1(3-7(22)13(28)16(31)14(29)8(3)23)4-9(24)17(32)19(34)18(33)10(4)25/h1H,34H2. The van der Waals surface area contributed by atoms with Crippen LogP contribution in [0.2, 0.25) is 70.3 Å². The lowest BCUT2D eigenvalue weighted by atomic mass is 9.84. The molecule has 182 valence electrons. The van der Waals surface area contributed by atoms with Crippen molar-refractivity contribution in [3.8, 4) is 0 Å². The highest BCUT2D eigenvalue weighted by Crippen LogP contribution is 2.58. The molecule has 34 heavy (non-hydrogen) atoms. The first-order valence-electron chi connectivity index (χ1n) is 8.30. The normalized spacial score (nSPS) is 11.6. The molecular weight excluding hydrogens is 739 g/mol. The van der Waals surface area contributed by atoms with E-state index in [4.69, 9.17) is 168 Å². The predicted octanol–water partition coefficient (Wildman–Crippen LogP) is 13.6. The topological polar surface area (TPSA) is 26.0 Å². The number of nitrogen functional groups attached to an aromatic ring is 1. The van der Waals surface area contributed by atoms with Crippen LogP contribution in [0.5, 0.6) is 0 Å². The number of hydrogen-bond donors (Lipinski definition) is 1. The SMILES string of the molecule is Nc1c(Cl)c(Cl)c(C(c2c(Cl)c(Cl)c(Cl)c(Cl)c2Cl)c2c(Cl)c(Cl)c(Cl)c(Cl)c2Cl)c(Cl)c1Cl. The Morgan fingerprint density at radius 1 is 0.294 bits per heavy atom. The maximum absolute atomic E-state index is 6.59. The summed E-state index contributed by atoms with van der Waals surface area (Å²) in [6, 6.07) is 0. The van der Waals surface area contributed by atoms with Gasteiger partial charge in [-0.25, -0.2) is 0 Å². The first-order valence-corrected chi connectivity index (χ1v) is 13.6. The molecule has 2 N–H and O–H groups in total. The monoisotopic (exact) mass is 735 g/mol. The van der Waals surface area contributed by atoms with Gasteiger partial charge in [0.2, 0.25) is 0 Å². The van der Waals surface area contributed by atoms with Crippen LogP contribution in [0.1, 0.15) is 22.6 Å². The lowest BCUT2D eigenvalue weighted by molar-refractivity contribution is 0.979. The van der Waals surface area contributed by atoms with E-state index in [1.165, 1.54) is 0 Å². The van der Waals surface area contributed by atoms with Gasteiger partial charge in [0.1, 0.15) is 0 Å². The van der Waals surface area contributed by atoms with Gasteiger partial charge in [-0.1, -0.05) is 162 Å². The fourth-order valence-corrected chi connectivity index (χ4v) is 6.95. The smallest absolute Gasteiger partial charge is 0.0841 e. The number of nitrogens with two attached hydrogens (primary N) is 1. The van der Waals surface area contributed by atoms with Crippen molar-refractivity contribution in [1.82, 2.24) is 0 Å². The van der Waals surface area contributed by atoms with Crippen LogP contribution < -0.4 is 5.73 Å². The maximum Gasteiger partial charge on any atom is 0.0841 e. The van der Waals surface area contributed by atoms with Crippen molar-refractivity contribution < 1.29 is 0 Å². The zero-order valence-electron chi connectivity index (χ0n) is 15.4. The molecule has 0 saturated carbocycles. The lowest BCUT2D eigenvalue weighted by Crippen LogP contribution is -2.11. The molecule has 0 heterocycles. The van der Waals surface area contributed by atoms with Crippen LogP contribution in [0.15, 0.2) is 0 Å². The van der Waals surface area contributed by atoms with Gasteiger partial charge >= 0.3 is 0 Å². The molecule has 0 aliphatic rings. The van der Waals surface area contributed by atoms with Crippen molar-refractivity contribution in [2.75, 3.05) is 5.73 Å². The molecule has 0 aromatic heterocycles. The quantitative estimate of drug-likeness (QED) is 0.123. The van der Waals surface area contributed by atoms with E-state index in [0.29, 0.717) is 0 Å². The molecule has 15 heteroatoms. The third-order valence-electron chi connectivity index (χ3n) is 4.68. The van der Waals surface area contributed by atoms with Crippen LogP contribution in [0, 0.1) is 0 Å². The highest BCUT2D eigenvalue weighted by atomic mass is 35.5. The molecule has 0 amide bonds. The van der Waals surface area contributed by atoms with Crippen molar-refractivity contribution in [1.29, 1.82) is 0 Å². The molecule has 0 spiro atoms. The van der Waals surface area contributed by atoms with Gasteiger partial charge in [-0.15, -0.1) is 0 Å². The third-order valence-corrected chi connectivity index (χ3v) is 11.1. The zero-order valence-corrected chi connectivity index (χ0v) is 26.0. The molecule has 0 radical (unpaired) electrons. The van der Waals surface area contributed by atoms with Crippen molar-refractivity contribution in [2.45, 2.75) is 5.92 Å². The molecule has 0 aliphatic carbocycles. The van der Waals surface area contributed by atoms with E-state index < -0.39 is 5.92 Å². The van der Waals surface area contributed by atoms with E-state index in [1.807, 2.05) is 0 Å². The van der Waals surface area contributed by atoms with Crippen LogP contribution in [-0.2, 0) is 0 Å². The van der Waals surface area contributed by atoms with E-state index in [9.17, 15) is 0 Å². The Kier molecular flexibility index (Phi) is 10.0. The number of hydrogen-bond acceptors (Lipinski definition) is 1. The summed E-state index contributed by atoms with van der Waals surface area (Å²) in [6.45, 7) is 0. The predicted molar refractivity (Wildman–Crippen MR) is 155 cm³/mol.